The number of hydrogen-bond acceptors (Lipinski definition) is 3. The summed E-state index contributed by atoms with van der Waals surface area (Å²) in [6.45, 7) is 1.75. The number of urea groups is 1. The van der Waals surface area contributed by atoms with Crippen molar-refractivity contribution in [3.05, 3.63) is 59.4 Å². The molecule has 23 heavy (non-hydrogen) atoms. The Morgan fingerprint density at radius 2 is 1.52 bits per heavy atom. The van der Waals surface area contributed by atoms with E-state index in [1.54, 1.807) is 17.0 Å². The molecule has 0 aromatic heterocycles. The summed E-state index contributed by atoms with van der Waals surface area (Å²) in [4.78, 5) is 11.4. The molecule has 122 valence electrons. The van der Waals surface area contributed by atoms with Gasteiger partial charge in [-0.1, -0.05) is 17.7 Å². The molecule has 0 saturated carbocycles. The molecule has 5 nitrogen and oxygen atoms in total. The van der Waals surface area contributed by atoms with Crippen molar-refractivity contribution in [2.45, 2.75) is 11.8 Å². The molecule has 2 rings (SSSR count). The van der Waals surface area contributed by atoms with Gasteiger partial charge in [-0.05, 0) is 19.1 Å². The number of anilines is 1. The van der Waals surface area contributed by atoms with Crippen LogP contribution in [0.4, 0.5) is 23.7 Å². The predicted octanol–water partition coefficient (Wildman–Crippen LogP) is 2.92. The number of halogens is 3. The molecule has 2 amide bonds. The van der Waals surface area contributed by atoms with Crippen LogP contribution in [0.1, 0.15) is 5.56 Å². The Kier molecular flexibility index (Phi) is 4.60. The highest BCUT2D eigenvalue weighted by atomic mass is 32.2. The van der Waals surface area contributed by atoms with Gasteiger partial charge in [-0.15, -0.1) is 0 Å². The van der Waals surface area contributed by atoms with Crippen LogP contribution in [0.2, 0.25) is 0 Å². The molecule has 2 aromatic rings. The summed E-state index contributed by atoms with van der Waals surface area (Å²) < 4.78 is 65.1. The van der Waals surface area contributed by atoms with Gasteiger partial charge in [-0.2, -0.15) is 0 Å². The zero-order chi connectivity index (χ0) is 17.2. The summed E-state index contributed by atoms with van der Waals surface area (Å²) in [5.74, 6) is -3.91. The largest absolute Gasteiger partial charge is 0.333 e. The number of hydrogen-bond donors (Lipinski definition) is 2. The number of nitrogens with one attached hydrogen (secondary N) is 2. The van der Waals surface area contributed by atoms with Gasteiger partial charge in [-0.3, -0.25) is 0 Å². The van der Waals surface area contributed by atoms with Gasteiger partial charge in [0.05, 0.1) is 4.90 Å². The molecule has 0 unspecified atom stereocenters. The standard InChI is InChI=1S/C14H11F3N2O3S/c1-8-2-4-10(5-3-8)23(21,22)19-14(20)18-13-11(16)6-9(15)7-12(13)17/h2-7H,1H3,(H2,18,19,20). The highest BCUT2D eigenvalue weighted by Crippen LogP contribution is 2.20. The first-order valence-corrected chi connectivity index (χ1v) is 7.72. The second-order valence-corrected chi connectivity index (χ2v) is 6.30. The van der Waals surface area contributed by atoms with Crippen molar-refractivity contribution in [2.24, 2.45) is 0 Å². The van der Waals surface area contributed by atoms with Crippen LogP contribution in [0.3, 0.4) is 0 Å². The van der Waals surface area contributed by atoms with E-state index >= 15 is 0 Å². The maximum Gasteiger partial charge on any atom is 0.333 e. The van der Waals surface area contributed by atoms with E-state index in [0.717, 1.165) is 5.56 Å². The number of carbonyl (C=O) groups excluding carboxylic acids is 1. The van der Waals surface area contributed by atoms with Crippen LogP contribution in [0.15, 0.2) is 41.3 Å². The van der Waals surface area contributed by atoms with Crippen molar-refractivity contribution in [1.29, 1.82) is 0 Å². The summed E-state index contributed by atoms with van der Waals surface area (Å²) in [6.07, 6.45) is 0. The molecule has 2 aromatic carbocycles. The number of amides is 2. The van der Waals surface area contributed by atoms with Crippen molar-refractivity contribution in [3.8, 4) is 0 Å². The Balaban J connectivity index is 2.18. The molecule has 0 aliphatic carbocycles. The molecule has 0 aliphatic heterocycles. The zero-order valence-electron chi connectivity index (χ0n) is 11.7. The number of aryl methyl sites for hydroxylation is 1. The molecule has 0 fully saturated rings. The van der Waals surface area contributed by atoms with Crippen LogP contribution in [0, 0.1) is 24.4 Å². The highest BCUT2D eigenvalue weighted by molar-refractivity contribution is 7.90. The van der Waals surface area contributed by atoms with E-state index in [1.165, 1.54) is 24.3 Å². The summed E-state index contributed by atoms with van der Waals surface area (Å²) in [5, 5.41) is 1.70. The minimum atomic E-state index is -4.21. The fourth-order valence-electron chi connectivity index (χ4n) is 1.70. The van der Waals surface area contributed by atoms with Gasteiger partial charge < -0.3 is 5.32 Å². The Morgan fingerprint density at radius 3 is 2.04 bits per heavy atom. The van der Waals surface area contributed by atoms with Gasteiger partial charge in [0.15, 0.2) is 11.6 Å². The normalized spacial score (nSPS) is 11.1. The fraction of sp³-hybridized carbons (Fsp3) is 0.0714. The molecule has 0 heterocycles. The van der Waals surface area contributed by atoms with Crippen molar-refractivity contribution in [2.75, 3.05) is 5.32 Å². The van der Waals surface area contributed by atoms with Crippen LogP contribution in [0.25, 0.3) is 0 Å². The highest BCUT2D eigenvalue weighted by Gasteiger charge is 2.20. The van der Waals surface area contributed by atoms with E-state index in [4.69, 9.17) is 0 Å². The van der Waals surface area contributed by atoms with Crippen LogP contribution in [0.5, 0.6) is 0 Å². The van der Waals surface area contributed by atoms with Crippen LogP contribution >= 0.6 is 0 Å². The lowest BCUT2D eigenvalue weighted by molar-refractivity contribution is 0.256. The molecule has 0 spiro atoms. The third-order valence-corrected chi connectivity index (χ3v) is 4.15. The number of carbonyl (C=O) groups is 1. The number of rotatable bonds is 3. The molecule has 0 aliphatic rings. The molecule has 0 saturated heterocycles. The van der Waals surface area contributed by atoms with Crippen molar-refractivity contribution in [1.82, 2.24) is 4.72 Å². The van der Waals surface area contributed by atoms with Crippen LogP contribution in [-0.4, -0.2) is 14.4 Å². The summed E-state index contributed by atoms with van der Waals surface area (Å²) in [7, 11) is -4.21. The molecular weight excluding hydrogens is 333 g/mol. The topological polar surface area (TPSA) is 75.3 Å². The first-order chi connectivity index (χ1) is 10.7. The summed E-state index contributed by atoms with van der Waals surface area (Å²) >= 11 is 0. The van der Waals surface area contributed by atoms with Crippen molar-refractivity contribution >= 4 is 21.7 Å². The van der Waals surface area contributed by atoms with Gasteiger partial charge in [0, 0.05) is 12.1 Å². The summed E-state index contributed by atoms with van der Waals surface area (Å²) in [6, 6.07) is 4.90. The molecule has 0 atom stereocenters. The Bertz CT molecular complexity index is 829. The maximum atomic E-state index is 13.4. The monoisotopic (exact) mass is 344 g/mol. The molecule has 2 N–H and O–H groups in total. The van der Waals surface area contributed by atoms with E-state index in [2.05, 4.69) is 0 Å². The summed E-state index contributed by atoms with van der Waals surface area (Å²) in [5.41, 5.74) is -0.146. The first kappa shape index (κ1) is 16.8. The minimum Gasteiger partial charge on any atom is -0.302 e. The molecule has 0 radical (unpaired) electrons. The molecule has 0 bridgehead atoms. The van der Waals surface area contributed by atoms with E-state index in [-0.39, 0.29) is 4.90 Å². The average molecular weight is 344 g/mol. The lowest BCUT2D eigenvalue weighted by atomic mass is 10.2. The first-order valence-electron chi connectivity index (χ1n) is 6.24. The number of sulfonamides is 1. The van der Waals surface area contributed by atoms with Gasteiger partial charge in [0.2, 0.25) is 0 Å². The minimum absolute atomic E-state index is 0.196. The van der Waals surface area contributed by atoms with Gasteiger partial charge in [0.1, 0.15) is 11.5 Å². The van der Waals surface area contributed by atoms with Gasteiger partial charge in [-0.25, -0.2) is 31.1 Å². The smallest absolute Gasteiger partial charge is 0.302 e. The van der Waals surface area contributed by atoms with Gasteiger partial charge >= 0.3 is 6.03 Å². The third-order valence-electron chi connectivity index (χ3n) is 2.80. The molecule has 9 heteroatoms. The Hall–Kier alpha value is -2.55. The Labute approximate surface area is 130 Å². The molecular formula is C14H11F3N2O3S. The van der Waals surface area contributed by atoms with Gasteiger partial charge in [0.25, 0.3) is 10.0 Å². The van der Waals surface area contributed by atoms with E-state index < -0.39 is 39.2 Å². The second kappa shape index (κ2) is 6.29. The quantitative estimate of drug-likeness (QED) is 0.899. The third kappa shape index (κ3) is 4.01. The predicted molar refractivity (Wildman–Crippen MR) is 76.8 cm³/mol. The lowest BCUT2D eigenvalue weighted by Crippen LogP contribution is -2.34. The average Bonchev–Trinajstić information content (AvgIpc) is 2.42. The van der Waals surface area contributed by atoms with Crippen LogP contribution < -0.4 is 10.0 Å². The maximum absolute atomic E-state index is 13.4. The second-order valence-electron chi connectivity index (χ2n) is 4.62. The number of benzene rings is 2. The fourth-order valence-corrected chi connectivity index (χ4v) is 2.61. The van der Waals surface area contributed by atoms with E-state index in [0.29, 0.717) is 12.1 Å². The van der Waals surface area contributed by atoms with E-state index in [9.17, 15) is 26.4 Å². The zero-order valence-corrected chi connectivity index (χ0v) is 12.5. The SMILES string of the molecule is Cc1ccc(S(=O)(=O)NC(=O)Nc2c(F)cc(F)cc2F)cc1. The van der Waals surface area contributed by atoms with Crippen LogP contribution in [-0.2, 0) is 10.0 Å². The van der Waals surface area contributed by atoms with Crippen molar-refractivity contribution < 1.29 is 26.4 Å². The lowest BCUT2D eigenvalue weighted by Gasteiger charge is -2.10. The Morgan fingerprint density at radius 1 is 1.00 bits per heavy atom. The van der Waals surface area contributed by atoms with E-state index in [1.807, 2.05) is 0 Å². The van der Waals surface area contributed by atoms with Crippen molar-refractivity contribution in [3.63, 3.8) is 0 Å².